The van der Waals surface area contributed by atoms with Crippen LogP contribution in [0.1, 0.15) is 45.6 Å². The first-order valence-corrected chi connectivity index (χ1v) is 10.0. The molecule has 0 radical (unpaired) electrons. The first-order chi connectivity index (χ1) is 13.7. The third kappa shape index (κ3) is 7.35. The molecule has 1 fully saturated rings. The van der Waals surface area contributed by atoms with Gasteiger partial charge >= 0.3 is 6.09 Å². The van der Waals surface area contributed by atoms with E-state index in [2.05, 4.69) is 11.4 Å². The highest BCUT2D eigenvalue weighted by Gasteiger charge is 2.26. The lowest BCUT2D eigenvalue weighted by Crippen LogP contribution is -2.37. The monoisotopic (exact) mass is 402 g/mol. The number of nitro benzene ring substituents is 1. The van der Waals surface area contributed by atoms with Crippen molar-refractivity contribution < 1.29 is 14.5 Å². The van der Waals surface area contributed by atoms with Crippen LogP contribution in [0.5, 0.6) is 0 Å². The van der Waals surface area contributed by atoms with Gasteiger partial charge in [-0.15, -0.1) is 0 Å². The van der Waals surface area contributed by atoms with Crippen molar-refractivity contribution >= 4 is 11.8 Å². The van der Waals surface area contributed by atoms with Gasteiger partial charge in [0.1, 0.15) is 5.60 Å². The molecular weight excluding hydrogens is 372 g/mol. The van der Waals surface area contributed by atoms with Gasteiger partial charge in [0.25, 0.3) is 5.69 Å². The number of carbonyl (C=O) groups excluding carboxylic acids is 1. The van der Waals surface area contributed by atoms with Crippen LogP contribution < -0.4 is 5.32 Å². The molecule has 8 nitrogen and oxygen atoms in total. The summed E-state index contributed by atoms with van der Waals surface area (Å²) < 4.78 is 5.51. The topological polar surface area (TPSA) is 108 Å². The van der Waals surface area contributed by atoms with E-state index in [1.165, 1.54) is 12.1 Å². The molecule has 0 spiro atoms. The molecule has 1 aliphatic heterocycles. The Morgan fingerprint density at radius 2 is 2.24 bits per heavy atom. The minimum absolute atomic E-state index is 0.00934. The second-order valence-electron chi connectivity index (χ2n) is 8.46. The summed E-state index contributed by atoms with van der Waals surface area (Å²) in [6.07, 6.45) is 1.92. The van der Waals surface area contributed by atoms with Crippen molar-refractivity contribution in [3.05, 3.63) is 39.9 Å². The number of nitrogens with zero attached hydrogens (tertiary/aromatic N) is 3. The number of ether oxygens (including phenoxy) is 1. The zero-order chi connectivity index (χ0) is 21.4. The van der Waals surface area contributed by atoms with Gasteiger partial charge in [-0.25, -0.2) is 4.79 Å². The summed E-state index contributed by atoms with van der Waals surface area (Å²) in [5.41, 5.74) is 0.0229. The van der Waals surface area contributed by atoms with E-state index >= 15 is 0 Å². The van der Waals surface area contributed by atoms with Gasteiger partial charge in [-0.1, -0.05) is 12.1 Å². The van der Waals surface area contributed by atoms with E-state index in [9.17, 15) is 20.2 Å². The van der Waals surface area contributed by atoms with E-state index in [4.69, 9.17) is 4.74 Å². The third-order valence-corrected chi connectivity index (χ3v) is 4.92. The van der Waals surface area contributed by atoms with Crippen molar-refractivity contribution in [1.29, 1.82) is 5.26 Å². The highest BCUT2D eigenvalue weighted by atomic mass is 16.6. The van der Waals surface area contributed by atoms with Gasteiger partial charge in [0, 0.05) is 25.2 Å². The third-order valence-electron chi connectivity index (χ3n) is 4.92. The van der Waals surface area contributed by atoms with E-state index in [0.29, 0.717) is 30.9 Å². The van der Waals surface area contributed by atoms with Crippen molar-refractivity contribution in [3.8, 4) is 6.07 Å². The summed E-state index contributed by atoms with van der Waals surface area (Å²) in [7, 11) is 0. The number of hydrogen-bond acceptors (Lipinski definition) is 6. The van der Waals surface area contributed by atoms with Crippen LogP contribution in [-0.2, 0) is 11.3 Å². The fraction of sp³-hybridized carbons (Fsp3) is 0.619. The van der Waals surface area contributed by atoms with Gasteiger partial charge in [0.2, 0.25) is 0 Å². The van der Waals surface area contributed by atoms with Crippen LogP contribution in [0.3, 0.4) is 0 Å². The number of nitrogens with one attached hydrogen (secondary N) is 1. The maximum Gasteiger partial charge on any atom is 0.410 e. The van der Waals surface area contributed by atoms with Crippen LogP contribution in [0, 0.1) is 33.3 Å². The number of non-ortho nitro benzene ring substituents is 1. The van der Waals surface area contributed by atoms with Crippen molar-refractivity contribution in [3.63, 3.8) is 0 Å². The maximum absolute atomic E-state index is 12.7. The zero-order valence-corrected chi connectivity index (χ0v) is 17.4. The fourth-order valence-electron chi connectivity index (χ4n) is 3.48. The standard InChI is InChI=1S/C21H30N4O4/c1-21(2,3)29-20(26)24(15-16-6-4-8-19(12-16)25(27)28)11-5-7-17(13-22)18-9-10-23-14-18/h4,6,8,12,17-18,23H,5,7,9-11,14-15H2,1-3H3. The quantitative estimate of drug-likeness (QED) is 0.522. The highest BCUT2D eigenvalue weighted by molar-refractivity contribution is 5.68. The molecule has 8 heteroatoms. The summed E-state index contributed by atoms with van der Waals surface area (Å²) in [6.45, 7) is 7.86. The van der Waals surface area contributed by atoms with Gasteiger partial charge in [0.05, 0.1) is 16.9 Å². The zero-order valence-electron chi connectivity index (χ0n) is 17.4. The lowest BCUT2D eigenvalue weighted by molar-refractivity contribution is -0.384. The number of rotatable bonds is 8. The molecule has 1 amide bonds. The van der Waals surface area contributed by atoms with Crippen LogP contribution in [-0.4, -0.2) is 41.2 Å². The van der Waals surface area contributed by atoms with E-state index in [1.54, 1.807) is 37.8 Å². The number of nitriles is 1. The lowest BCUT2D eigenvalue weighted by Gasteiger charge is -2.28. The van der Waals surface area contributed by atoms with Gasteiger partial charge in [0.15, 0.2) is 0 Å². The minimum atomic E-state index is -0.636. The van der Waals surface area contributed by atoms with Gasteiger partial charge < -0.3 is 15.0 Å². The molecular formula is C21H30N4O4. The largest absolute Gasteiger partial charge is 0.444 e. The summed E-state index contributed by atoms with van der Waals surface area (Å²) in [6, 6.07) is 8.67. The van der Waals surface area contributed by atoms with Crippen LogP contribution in [0.2, 0.25) is 0 Å². The Balaban J connectivity index is 2.04. The number of amides is 1. The van der Waals surface area contributed by atoms with Crippen LogP contribution in [0.25, 0.3) is 0 Å². The van der Waals surface area contributed by atoms with Gasteiger partial charge in [-0.2, -0.15) is 5.26 Å². The molecule has 158 valence electrons. The molecule has 0 aliphatic carbocycles. The number of nitro groups is 1. The molecule has 2 atom stereocenters. The Labute approximate surface area is 172 Å². The van der Waals surface area contributed by atoms with Crippen molar-refractivity contribution in [2.45, 2.75) is 52.2 Å². The van der Waals surface area contributed by atoms with Crippen LogP contribution in [0.15, 0.2) is 24.3 Å². The first kappa shape index (κ1) is 22.6. The molecule has 0 saturated carbocycles. The van der Waals surface area contributed by atoms with E-state index in [1.807, 2.05) is 0 Å². The van der Waals surface area contributed by atoms with Gasteiger partial charge in [-0.05, 0) is 64.6 Å². The van der Waals surface area contributed by atoms with Crippen molar-refractivity contribution in [1.82, 2.24) is 10.2 Å². The van der Waals surface area contributed by atoms with Crippen molar-refractivity contribution in [2.75, 3.05) is 19.6 Å². The summed E-state index contributed by atoms with van der Waals surface area (Å²) in [5.74, 6) is 0.315. The molecule has 29 heavy (non-hydrogen) atoms. The molecule has 1 aliphatic rings. The molecule has 1 heterocycles. The lowest BCUT2D eigenvalue weighted by atomic mass is 9.89. The van der Waals surface area contributed by atoms with Crippen LogP contribution in [0.4, 0.5) is 10.5 Å². The molecule has 1 N–H and O–H groups in total. The maximum atomic E-state index is 12.7. The van der Waals surface area contributed by atoms with E-state index in [-0.39, 0.29) is 18.2 Å². The Bertz CT molecular complexity index is 748. The molecule has 2 rings (SSSR count). The Morgan fingerprint density at radius 3 is 2.83 bits per heavy atom. The molecule has 1 aromatic rings. The minimum Gasteiger partial charge on any atom is -0.444 e. The number of hydrogen-bond donors (Lipinski definition) is 1. The molecule has 1 aromatic carbocycles. The first-order valence-electron chi connectivity index (χ1n) is 10.0. The smallest absolute Gasteiger partial charge is 0.410 e. The SMILES string of the molecule is CC(C)(C)OC(=O)N(CCCC(C#N)C1CCNC1)Cc1cccc([N+](=O)[O-])c1. The van der Waals surface area contributed by atoms with Gasteiger partial charge in [-0.3, -0.25) is 10.1 Å². The van der Waals surface area contributed by atoms with Crippen LogP contribution >= 0.6 is 0 Å². The normalized spacial score (nSPS) is 17.4. The Morgan fingerprint density at radius 1 is 1.48 bits per heavy atom. The Kier molecular flexibility index (Phi) is 7.97. The number of carbonyl (C=O) groups is 1. The average molecular weight is 402 g/mol. The molecule has 1 saturated heterocycles. The Hall–Kier alpha value is -2.66. The van der Waals surface area contributed by atoms with Crippen molar-refractivity contribution in [2.24, 2.45) is 11.8 Å². The predicted octanol–water partition coefficient (Wildman–Crippen LogP) is 3.86. The second-order valence-corrected chi connectivity index (χ2v) is 8.46. The summed E-state index contributed by atoms with van der Waals surface area (Å²) in [5, 5.41) is 23.8. The second kappa shape index (κ2) is 10.2. The average Bonchev–Trinajstić information content (AvgIpc) is 3.17. The molecule has 2 unspecified atom stereocenters. The fourth-order valence-corrected chi connectivity index (χ4v) is 3.48. The summed E-state index contributed by atoms with van der Waals surface area (Å²) in [4.78, 5) is 24.8. The predicted molar refractivity (Wildman–Crippen MR) is 109 cm³/mol. The molecule has 0 bridgehead atoms. The summed E-state index contributed by atoms with van der Waals surface area (Å²) >= 11 is 0. The molecule has 0 aromatic heterocycles. The number of benzene rings is 1. The highest BCUT2D eigenvalue weighted by Crippen LogP contribution is 2.24. The van der Waals surface area contributed by atoms with E-state index < -0.39 is 16.6 Å². The van der Waals surface area contributed by atoms with E-state index in [0.717, 1.165) is 19.5 Å².